The Morgan fingerprint density at radius 1 is 1.00 bits per heavy atom. The third-order valence-corrected chi connectivity index (χ3v) is 3.04. The maximum Gasteiger partial charge on any atom is 0.126 e. The normalized spacial score (nSPS) is 11.2. The van der Waals surface area contributed by atoms with Crippen molar-refractivity contribution in [1.82, 2.24) is 5.32 Å². The van der Waals surface area contributed by atoms with Crippen LogP contribution in [-0.2, 0) is 6.42 Å². The van der Waals surface area contributed by atoms with Crippen molar-refractivity contribution in [2.24, 2.45) is 0 Å². The monoisotopic (exact) mass is 255 g/mol. The van der Waals surface area contributed by atoms with Crippen molar-refractivity contribution in [3.8, 4) is 0 Å². The molecule has 102 valence electrons. The third kappa shape index (κ3) is 5.58. The topological polar surface area (TPSA) is 12.0 Å². The van der Waals surface area contributed by atoms with Gasteiger partial charge in [0.05, 0.1) is 0 Å². The Balaban J connectivity index is 2.39. The average Bonchev–Trinajstić information content (AvgIpc) is 2.28. The van der Waals surface area contributed by atoms with E-state index < -0.39 is 11.6 Å². The van der Waals surface area contributed by atoms with Gasteiger partial charge < -0.3 is 5.32 Å². The number of rotatable bonds is 8. The minimum Gasteiger partial charge on any atom is -0.314 e. The second-order valence-electron chi connectivity index (χ2n) is 4.76. The van der Waals surface area contributed by atoms with Gasteiger partial charge in [0.1, 0.15) is 11.6 Å². The summed E-state index contributed by atoms with van der Waals surface area (Å²) in [6.45, 7) is 5.12. The first-order valence-corrected chi connectivity index (χ1v) is 6.84. The lowest BCUT2D eigenvalue weighted by Crippen LogP contribution is -2.30. The van der Waals surface area contributed by atoms with Crippen molar-refractivity contribution in [3.05, 3.63) is 35.4 Å². The maximum absolute atomic E-state index is 13.0. The predicted molar refractivity (Wildman–Crippen MR) is 71.7 cm³/mol. The van der Waals surface area contributed by atoms with Crippen molar-refractivity contribution in [3.63, 3.8) is 0 Å². The van der Waals surface area contributed by atoms with Gasteiger partial charge in [-0.2, -0.15) is 0 Å². The smallest absolute Gasteiger partial charge is 0.126 e. The molecule has 0 amide bonds. The lowest BCUT2D eigenvalue weighted by Gasteiger charge is -2.17. The molecule has 0 aromatic heterocycles. The van der Waals surface area contributed by atoms with Gasteiger partial charge in [0.2, 0.25) is 0 Å². The van der Waals surface area contributed by atoms with Gasteiger partial charge in [-0.15, -0.1) is 0 Å². The van der Waals surface area contributed by atoms with Crippen molar-refractivity contribution in [2.45, 2.75) is 52.0 Å². The Labute approximate surface area is 109 Å². The standard InChI is InChI=1S/C15H23F2N/c1-3-5-15(6-4-2)18-8-7-12-9-13(16)11-14(17)10-12/h9-11,15,18H,3-8H2,1-2H3. The van der Waals surface area contributed by atoms with Crippen LogP contribution in [0.4, 0.5) is 8.78 Å². The lowest BCUT2D eigenvalue weighted by atomic mass is 10.1. The van der Waals surface area contributed by atoms with Gasteiger partial charge in [-0.25, -0.2) is 8.78 Å². The zero-order chi connectivity index (χ0) is 13.4. The number of nitrogens with one attached hydrogen (secondary N) is 1. The molecular formula is C15H23F2N. The Kier molecular flexibility index (Phi) is 6.88. The van der Waals surface area contributed by atoms with Crippen LogP contribution in [-0.4, -0.2) is 12.6 Å². The van der Waals surface area contributed by atoms with Crippen molar-refractivity contribution in [1.29, 1.82) is 0 Å². The Bertz CT molecular complexity index is 326. The van der Waals surface area contributed by atoms with E-state index >= 15 is 0 Å². The van der Waals surface area contributed by atoms with Gasteiger partial charge >= 0.3 is 0 Å². The van der Waals surface area contributed by atoms with Gasteiger partial charge in [-0.3, -0.25) is 0 Å². The molecule has 0 aliphatic rings. The highest BCUT2D eigenvalue weighted by molar-refractivity contribution is 5.18. The second kappa shape index (κ2) is 8.20. The molecule has 0 unspecified atom stereocenters. The molecule has 1 N–H and O–H groups in total. The van der Waals surface area contributed by atoms with Gasteiger partial charge in [-0.1, -0.05) is 26.7 Å². The highest BCUT2D eigenvalue weighted by Crippen LogP contribution is 2.09. The number of hydrogen-bond acceptors (Lipinski definition) is 1. The zero-order valence-electron chi connectivity index (χ0n) is 11.3. The molecule has 0 bridgehead atoms. The summed E-state index contributed by atoms with van der Waals surface area (Å²) >= 11 is 0. The molecule has 0 aliphatic carbocycles. The van der Waals surface area contributed by atoms with Crippen molar-refractivity contribution >= 4 is 0 Å². The summed E-state index contributed by atoms with van der Waals surface area (Å²) in [6, 6.07) is 4.24. The molecule has 1 rings (SSSR count). The number of halogens is 2. The number of benzene rings is 1. The van der Waals surface area contributed by atoms with Crippen LogP contribution in [0.2, 0.25) is 0 Å². The first kappa shape index (κ1) is 15.1. The molecule has 1 nitrogen and oxygen atoms in total. The largest absolute Gasteiger partial charge is 0.314 e. The molecule has 0 heterocycles. The molecule has 3 heteroatoms. The van der Waals surface area contributed by atoms with E-state index in [9.17, 15) is 8.78 Å². The Hall–Kier alpha value is -0.960. The molecule has 18 heavy (non-hydrogen) atoms. The second-order valence-corrected chi connectivity index (χ2v) is 4.76. The summed E-state index contributed by atoms with van der Waals surface area (Å²) in [6.07, 6.45) is 5.30. The van der Waals surface area contributed by atoms with E-state index in [1.807, 2.05) is 0 Å². The summed E-state index contributed by atoms with van der Waals surface area (Å²) < 4.78 is 26.0. The van der Waals surface area contributed by atoms with E-state index in [0.717, 1.165) is 38.3 Å². The zero-order valence-corrected chi connectivity index (χ0v) is 11.3. The fourth-order valence-corrected chi connectivity index (χ4v) is 2.22. The Morgan fingerprint density at radius 2 is 1.56 bits per heavy atom. The van der Waals surface area contributed by atoms with Crippen LogP contribution in [0.15, 0.2) is 18.2 Å². The molecule has 0 fully saturated rings. The van der Waals surface area contributed by atoms with Crippen LogP contribution >= 0.6 is 0 Å². The quantitative estimate of drug-likeness (QED) is 0.738. The van der Waals surface area contributed by atoms with E-state index in [-0.39, 0.29) is 0 Å². The first-order valence-electron chi connectivity index (χ1n) is 6.84. The fourth-order valence-electron chi connectivity index (χ4n) is 2.22. The SMILES string of the molecule is CCCC(CCC)NCCc1cc(F)cc(F)c1. The van der Waals surface area contributed by atoms with Crippen molar-refractivity contribution in [2.75, 3.05) is 6.54 Å². The summed E-state index contributed by atoms with van der Waals surface area (Å²) in [7, 11) is 0. The van der Waals surface area contributed by atoms with Crippen molar-refractivity contribution < 1.29 is 8.78 Å². The van der Waals surface area contributed by atoms with Gasteiger partial charge in [0, 0.05) is 12.1 Å². The lowest BCUT2D eigenvalue weighted by molar-refractivity contribution is 0.446. The van der Waals surface area contributed by atoms with Crippen LogP contribution in [0.3, 0.4) is 0 Å². The molecule has 0 aliphatic heterocycles. The maximum atomic E-state index is 13.0. The molecule has 0 atom stereocenters. The summed E-state index contributed by atoms with van der Waals surface area (Å²) in [5.74, 6) is -0.993. The molecule has 1 aromatic carbocycles. The summed E-state index contributed by atoms with van der Waals surface area (Å²) in [5.41, 5.74) is 0.715. The van der Waals surface area contributed by atoms with E-state index in [4.69, 9.17) is 0 Å². The van der Waals surface area contributed by atoms with Crippen LogP contribution < -0.4 is 5.32 Å². The van der Waals surface area contributed by atoms with Gasteiger partial charge in [-0.05, 0) is 43.5 Å². The van der Waals surface area contributed by atoms with Gasteiger partial charge in [0.15, 0.2) is 0 Å². The summed E-state index contributed by atoms with van der Waals surface area (Å²) in [5, 5.41) is 3.46. The molecule has 0 spiro atoms. The minimum absolute atomic E-state index is 0.497. The van der Waals surface area contributed by atoms with Crippen LogP contribution in [0.1, 0.15) is 45.1 Å². The highest BCUT2D eigenvalue weighted by Gasteiger charge is 2.06. The first-order chi connectivity index (χ1) is 8.65. The molecular weight excluding hydrogens is 232 g/mol. The molecule has 0 saturated carbocycles. The van der Waals surface area contributed by atoms with Gasteiger partial charge in [0.25, 0.3) is 0 Å². The van der Waals surface area contributed by atoms with Crippen LogP contribution in [0, 0.1) is 11.6 Å². The minimum atomic E-state index is -0.497. The van der Waals surface area contributed by atoms with E-state index in [1.54, 1.807) is 0 Å². The van der Waals surface area contributed by atoms with Crippen LogP contribution in [0.5, 0.6) is 0 Å². The van der Waals surface area contributed by atoms with E-state index in [0.29, 0.717) is 18.0 Å². The predicted octanol–water partition coefficient (Wildman–Crippen LogP) is 4.07. The fraction of sp³-hybridized carbons (Fsp3) is 0.600. The highest BCUT2D eigenvalue weighted by atomic mass is 19.1. The average molecular weight is 255 g/mol. The van der Waals surface area contributed by atoms with E-state index in [1.165, 1.54) is 12.1 Å². The Morgan fingerprint density at radius 3 is 2.06 bits per heavy atom. The summed E-state index contributed by atoms with van der Waals surface area (Å²) in [4.78, 5) is 0. The molecule has 0 radical (unpaired) electrons. The van der Waals surface area contributed by atoms with Crippen LogP contribution in [0.25, 0.3) is 0 Å². The third-order valence-electron chi connectivity index (χ3n) is 3.04. The molecule has 0 saturated heterocycles. The number of hydrogen-bond donors (Lipinski definition) is 1. The van der Waals surface area contributed by atoms with E-state index in [2.05, 4.69) is 19.2 Å². The molecule has 1 aromatic rings.